The van der Waals surface area contributed by atoms with Gasteiger partial charge in [-0.25, -0.2) is 5.01 Å². The van der Waals surface area contributed by atoms with Crippen LogP contribution in [0.1, 0.15) is 0 Å². The number of nitrogens with two attached hydrogens (primary N) is 1. The number of hydrogen-bond acceptors (Lipinski definition) is 6. The van der Waals surface area contributed by atoms with E-state index in [1.54, 1.807) is 0 Å². The Morgan fingerprint density at radius 1 is 1.00 bits per heavy atom. The molecule has 0 bridgehead atoms. The van der Waals surface area contributed by atoms with Gasteiger partial charge in [0.15, 0.2) is 0 Å². The van der Waals surface area contributed by atoms with Gasteiger partial charge in [0, 0.05) is 24.5 Å². The van der Waals surface area contributed by atoms with E-state index in [0.29, 0.717) is 0 Å². The van der Waals surface area contributed by atoms with E-state index in [0.717, 1.165) is 18.8 Å². The molecule has 0 aliphatic carbocycles. The number of piperazine rings is 1. The molecule has 1 aliphatic rings. The Balaban J connectivity index is 2.17. The number of nitrogens with zero attached hydrogens (tertiary/aromatic N) is 2. The number of anilines is 2. The molecule has 19 heavy (non-hydrogen) atoms. The summed E-state index contributed by atoms with van der Waals surface area (Å²) in [5, 5.41) is 8.88. The van der Waals surface area contributed by atoms with Crippen molar-refractivity contribution in [3.8, 4) is 0 Å². The molecule has 1 aromatic carbocycles. The second-order valence-corrected chi connectivity index (χ2v) is 4.74. The van der Waals surface area contributed by atoms with Crippen LogP contribution in [-0.4, -0.2) is 51.6 Å². The third-order valence-electron chi connectivity index (χ3n) is 3.64. The summed E-state index contributed by atoms with van der Waals surface area (Å²) in [6, 6.07) is 8.04. The predicted molar refractivity (Wildman–Crippen MR) is 79.7 cm³/mol. The van der Waals surface area contributed by atoms with Crippen molar-refractivity contribution in [2.45, 2.75) is 12.3 Å². The van der Waals surface area contributed by atoms with Crippen molar-refractivity contribution in [1.82, 2.24) is 21.1 Å². The van der Waals surface area contributed by atoms with Crippen molar-refractivity contribution in [2.75, 3.05) is 44.9 Å². The van der Waals surface area contributed by atoms with Crippen molar-refractivity contribution < 1.29 is 0 Å². The molecule has 1 fully saturated rings. The summed E-state index contributed by atoms with van der Waals surface area (Å²) in [5.74, 6) is 0. The Morgan fingerprint density at radius 3 is 1.95 bits per heavy atom. The van der Waals surface area contributed by atoms with Crippen LogP contribution < -0.4 is 26.7 Å². The monoisotopic (exact) mass is 264 g/mol. The number of nitrogens with one attached hydrogen (secondary N) is 3. The second kappa shape index (κ2) is 6.21. The van der Waals surface area contributed by atoms with Crippen molar-refractivity contribution >= 4 is 11.4 Å². The van der Waals surface area contributed by atoms with E-state index >= 15 is 0 Å². The minimum Gasteiger partial charge on any atom is -0.399 e. The fourth-order valence-electron chi connectivity index (χ4n) is 2.55. The number of rotatable bonds is 4. The first kappa shape index (κ1) is 14.1. The Kier molecular flexibility index (Phi) is 4.60. The molecule has 0 aromatic heterocycles. The molecular formula is C13H24N6. The lowest BCUT2D eigenvalue weighted by Gasteiger charge is -2.46. The Labute approximate surface area is 114 Å². The van der Waals surface area contributed by atoms with Gasteiger partial charge < -0.3 is 21.3 Å². The van der Waals surface area contributed by atoms with Crippen molar-refractivity contribution in [3.63, 3.8) is 0 Å². The summed E-state index contributed by atoms with van der Waals surface area (Å²) in [6.07, 6.45) is 0.488. The smallest absolute Gasteiger partial charge is 0.0926 e. The van der Waals surface area contributed by atoms with E-state index in [1.165, 1.54) is 5.69 Å². The van der Waals surface area contributed by atoms with Crippen LogP contribution in [0.15, 0.2) is 24.3 Å². The van der Waals surface area contributed by atoms with Gasteiger partial charge in [-0.15, -0.1) is 0 Å². The fourth-order valence-corrected chi connectivity index (χ4v) is 2.55. The average Bonchev–Trinajstić information content (AvgIpc) is 2.46. The molecular weight excluding hydrogens is 240 g/mol. The summed E-state index contributed by atoms with van der Waals surface area (Å²) in [6.45, 7) is 1.83. The molecule has 1 aliphatic heterocycles. The summed E-state index contributed by atoms with van der Waals surface area (Å²) < 4.78 is 0. The molecule has 0 amide bonds. The molecule has 2 atom stereocenters. The summed E-state index contributed by atoms with van der Waals surface area (Å²) in [5.41, 5.74) is 11.0. The lowest BCUT2D eigenvalue weighted by molar-refractivity contribution is 0.0352. The Bertz CT molecular complexity index is 379. The molecule has 1 saturated heterocycles. The molecule has 2 unspecified atom stereocenters. The zero-order valence-electron chi connectivity index (χ0n) is 11.9. The third kappa shape index (κ3) is 2.98. The van der Waals surface area contributed by atoms with E-state index in [1.807, 2.05) is 33.3 Å². The van der Waals surface area contributed by atoms with E-state index in [2.05, 4.69) is 38.1 Å². The summed E-state index contributed by atoms with van der Waals surface area (Å²) in [7, 11) is 5.91. The number of hydrogen-bond donors (Lipinski definition) is 4. The first-order valence-corrected chi connectivity index (χ1v) is 6.60. The van der Waals surface area contributed by atoms with Gasteiger partial charge in [-0.2, -0.15) is 0 Å². The predicted octanol–water partition coefficient (Wildman–Crippen LogP) is -0.384. The van der Waals surface area contributed by atoms with Gasteiger partial charge in [0.25, 0.3) is 0 Å². The van der Waals surface area contributed by atoms with E-state index in [9.17, 15) is 0 Å². The standard InChI is InChI=1S/C13H24N6/c1-15-12-8-18(9-13(16-2)19(12)17-3)11-6-4-10(14)5-7-11/h4-7,12-13,15-17H,8-9,14H2,1-3H3. The minimum atomic E-state index is 0.244. The van der Waals surface area contributed by atoms with Gasteiger partial charge in [-0.3, -0.25) is 5.43 Å². The summed E-state index contributed by atoms with van der Waals surface area (Å²) >= 11 is 0. The molecule has 1 aromatic rings. The molecule has 5 N–H and O–H groups in total. The maximum Gasteiger partial charge on any atom is 0.0926 e. The zero-order chi connectivity index (χ0) is 13.8. The fraction of sp³-hybridized carbons (Fsp3) is 0.538. The van der Waals surface area contributed by atoms with E-state index in [-0.39, 0.29) is 12.3 Å². The maximum absolute atomic E-state index is 5.75. The first-order chi connectivity index (χ1) is 9.19. The van der Waals surface area contributed by atoms with Gasteiger partial charge in [0.2, 0.25) is 0 Å². The number of nitrogen functional groups attached to an aromatic ring is 1. The molecule has 0 saturated carbocycles. The van der Waals surface area contributed by atoms with Gasteiger partial charge in [0.05, 0.1) is 12.3 Å². The molecule has 0 spiro atoms. The van der Waals surface area contributed by atoms with Crippen LogP contribution in [0, 0.1) is 0 Å². The second-order valence-electron chi connectivity index (χ2n) is 4.74. The zero-order valence-corrected chi connectivity index (χ0v) is 11.9. The lowest BCUT2D eigenvalue weighted by atomic mass is 10.2. The highest BCUT2D eigenvalue weighted by Gasteiger charge is 2.32. The minimum absolute atomic E-state index is 0.244. The van der Waals surface area contributed by atoms with Crippen LogP contribution >= 0.6 is 0 Å². The van der Waals surface area contributed by atoms with Gasteiger partial charge in [0.1, 0.15) is 0 Å². The van der Waals surface area contributed by atoms with Gasteiger partial charge >= 0.3 is 0 Å². The number of benzene rings is 1. The maximum atomic E-state index is 5.75. The number of hydrazine groups is 1. The Morgan fingerprint density at radius 2 is 1.53 bits per heavy atom. The van der Waals surface area contributed by atoms with Crippen molar-refractivity contribution in [3.05, 3.63) is 24.3 Å². The molecule has 6 nitrogen and oxygen atoms in total. The van der Waals surface area contributed by atoms with Crippen LogP contribution in [0.3, 0.4) is 0 Å². The van der Waals surface area contributed by atoms with Crippen LogP contribution in [0.4, 0.5) is 11.4 Å². The van der Waals surface area contributed by atoms with Crippen LogP contribution in [0.2, 0.25) is 0 Å². The molecule has 0 radical (unpaired) electrons. The van der Waals surface area contributed by atoms with Gasteiger partial charge in [-0.1, -0.05) is 0 Å². The quantitative estimate of drug-likeness (QED) is 0.556. The molecule has 2 rings (SSSR count). The highest BCUT2D eigenvalue weighted by atomic mass is 15.6. The Hall–Kier alpha value is -1.34. The van der Waals surface area contributed by atoms with E-state index in [4.69, 9.17) is 5.73 Å². The third-order valence-corrected chi connectivity index (χ3v) is 3.64. The SMILES string of the molecule is CNC1CN(c2ccc(N)cc2)CC(NC)N1NC. The molecule has 106 valence electrons. The normalized spacial score (nSPS) is 24.7. The largest absolute Gasteiger partial charge is 0.399 e. The highest BCUT2D eigenvalue weighted by Crippen LogP contribution is 2.20. The van der Waals surface area contributed by atoms with Crippen molar-refractivity contribution in [1.29, 1.82) is 0 Å². The summed E-state index contributed by atoms with van der Waals surface area (Å²) in [4.78, 5) is 2.36. The topological polar surface area (TPSA) is 68.6 Å². The highest BCUT2D eigenvalue weighted by molar-refractivity contribution is 5.53. The van der Waals surface area contributed by atoms with Crippen LogP contribution in [0.5, 0.6) is 0 Å². The van der Waals surface area contributed by atoms with Gasteiger partial charge in [-0.05, 0) is 45.4 Å². The average molecular weight is 264 g/mol. The van der Waals surface area contributed by atoms with E-state index < -0.39 is 0 Å². The van der Waals surface area contributed by atoms with Crippen LogP contribution in [-0.2, 0) is 0 Å². The first-order valence-electron chi connectivity index (χ1n) is 6.60. The lowest BCUT2D eigenvalue weighted by Crippen LogP contribution is -2.69. The molecule has 1 heterocycles. The molecule has 6 heteroatoms. The van der Waals surface area contributed by atoms with Crippen LogP contribution in [0.25, 0.3) is 0 Å². The number of likely N-dealkylation sites (N-methyl/N-ethyl adjacent to an activating group) is 2. The van der Waals surface area contributed by atoms with Crippen molar-refractivity contribution in [2.24, 2.45) is 0 Å².